The van der Waals surface area contributed by atoms with Crippen molar-refractivity contribution >= 4 is 11.7 Å². The highest BCUT2D eigenvalue weighted by Gasteiger charge is 2.27. The van der Waals surface area contributed by atoms with E-state index in [9.17, 15) is 9.59 Å². The number of ether oxygens (including phenoxy) is 2. The molecule has 0 radical (unpaired) electrons. The van der Waals surface area contributed by atoms with E-state index in [1.165, 1.54) is 16.8 Å². The molecule has 8 nitrogen and oxygen atoms in total. The topological polar surface area (TPSA) is 103 Å². The van der Waals surface area contributed by atoms with Gasteiger partial charge in [-0.15, -0.1) is 0 Å². The molecule has 0 saturated carbocycles. The van der Waals surface area contributed by atoms with Crippen LogP contribution in [-0.4, -0.2) is 40.1 Å². The van der Waals surface area contributed by atoms with Crippen molar-refractivity contribution in [2.75, 3.05) is 18.5 Å². The van der Waals surface area contributed by atoms with Crippen molar-refractivity contribution in [3.63, 3.8) is 0 Å². The molecule has 1 fully saturated rings. The maximum absolute atomic E-state index is 12.0. The van der Waals surface area contributed by atoms with Crippen LogP contribution in [0.1, 0.15) is 16.6 Å². The van der Waals surface area contributed by atoms with Crippen LogP contribution in [-0.2, 0) is 9.47 Å². The van der Waals surface area contributed by atoms with Crippen LogP contribution in [0.5, 0.6) is 0 Å². The van der Waals surface area contributed by atoms with Crippen LogP contribution in [0.4, 0.5) is 5.82 Å². The second kappa shape index (κ2) is 6.69. The first-order valence-corrected chi connectivity index (χ1v) is 7.01. The molecular formula is C15H15N3O5. The van der Waals surface area contributed by atoms with Crippen LogP contribution in [0.2, 0.25) is 0 Å². The van der Waals surface area contributed by atoms with E-state index in [4.69, 9.17) is 14.6 Å². The fourth-order valence-corrected chi connectivity index (χ4v) is 2.16. The summed E-state index contributed by atoms with van der Waals surface area (Å²) >= 11 is 0. The predicted molar refractivity (Wildman–Crippen MR) is 79.8 cm³/mol. The number of carbonyl (C=O) groups excluding carboxylic acids is 1. The third kappa shape index (κ3) is 3.45. The lowest BCUT2D eigenvalue weighted by Crippen LogP contribution is -2.29. The molecule has 1 aliphatic rings. The van der Waals surface area contributed by atoms with E-state index in [-0.39, 0.29) is 24.9 Å². The molecule has 0 unspecified atom stereocenters. The zero-order valence-electron chi connectivity index (χ0n) is 12.1. The van der Waals surface area contributed by atoms with Crippen LogP contribution >= 0.6 is 0 Å². The SMILES string of the molecule is O=C(Nc1ccn([C@@H]2CO[C@H](CO)O2)c(=O)n1)c1ccccc1. The van der Waals surface area contributed by atoms with E-state index in [0.717, 1.165) is 0 Å². The van der Waals surface area contributed by atoms with Crippen molar-refractivity contribution in [3.8, 4) is 0 Å². The second-order valence-electron chi connectivity index (χ2n) is 4.86. The fraction of sp³-hybridized carbons (Fsp3) is 0.267. The number of rotatable bonds is 4. The minimum absolute atomic E-state index is 0.141. The molecular weight excluding hydrogens is 302 g/mol. The first-order valence-electron chi connectivity index (χ1n) is 7.01. The van der Waals surface area contributed by atoms with Crippen molar-refractivity contribution < 1.29 is 19.4 Å². The van der Waals surface area contributed by atoms with Gasteiger partial charge in [0.15, 0.2) is 12.5 Å². The zero-order chi connectivity index (χ0) is 16.2. The van der Waals surface area contributed by atoms with Gasteiger partial charge in [0.2, 0.25) is 0 Å². The van der Waals surface area contributed by atoms with E-state index in [2.05, 4.69) is 10.3 Å². The monoisotopic (exact) mass is 317 g/mol. The summed E-state index contributed by atoms with van der Waals surface area (Å²) in [6.07, 6.45) is 0.0689. The Hall–Kier alpha value is -2.55. The van der Waals surface area contributed by atoms with Gasteiger partial charge in [-0.05, 0) is 18.2 Å². The molecule has 120 valence electrons. The van der Waals surface area contributed by atoms with Crippen LogP contribution in [0.15, 0.2) is 47.4 Å². The number of amides is 1. The Bertz CT molecular complexity index is 746. The van der Waals surface area contributed by atoms with Crippen molar-refractivity contribution in [2.24, 2.45) is 0 Å². The number of aromatic nitrogens is 2. The minimum Gasteiger partial charge on any atom is -0.391 e. The third-order valence-corrected chi connectivity index (χ3v) is 3.30. The van der Waals surface area contributed by atoms with E-state index < -0.39 is 18.2 Å². The summed E-state index contributed by atoms with van der Waals surface area (Å²) in [5, 5.41) is 11.5. The molecule has 1 aliphatic heterocycles. The lowest BCUT2D eigenvalue weighted by Gasteiger charge is -2.12. The number of carbonyl (C=O) groups is 1. The molecule has 2 N–H and O–H groups in total. The standard InChI is InChI=1S/C15H15N3O5/c19-8-13-22-9-12(23-13)18-7-6-11(17-15(18)21)16-14(20)10-4-2-1-3-5-10/h1-7,12-13,19H,8-9H2,(H,16,17,20,21)/t12-,13-/m0/s1. The first-order chi connectivity index (χ1) is 11.2. The van der Waals surface area contributed by atoms with E-state index >= 15 is 0 Å². The van der Waals surface area contributed by atoms with E-state index in [1.54, 1.807) is 30.3 Å². The van der Waals surface area contributed by atoms with Gasteiger partial charge in [0, 0.05) is 11.8 Å². The van der Waals surface area contributed by atoms with Crippen molar-refractivity contribution in [1.29, 1.82) is 0 Å². The molecule has 2 aromatic rings. The maximum atomic E-state index is 12.0. The Kier molecular flexibility index (Phi) is 4.47. The van der Waals surface area contributed by atoms with Crippen molar-refractivity contribution in [2.45, 2.75) is 12.5 Å². The van der Waals surface area contributed by atoms with Gasteiger partial charge in [-0.1, -0.05) is 18.2 Å². The fourth-order valence-electron chi connectivity index (χ4n) is 2.16. The number of nitrogens with zero attached hydrogens (tertiary/aromatic N) is 2. The summed E-state index contributed by atoms with van der Waals surface area (Å²) in [6.45, 7) is -0.146. The van der Waals surface area contributed by atoms with E-state index in [1.807, 2.05) is 0 Å². The number of aliphatic hydroxyl groups excluding tert-OH is 1. The number of aliphatic hydroxyl groups is 1. The summed E-state index contributed by atoms with van der Waals surface area (Å²) in [4.78, 5) is 27.9. The summed E-state index contributed by atoms with van der Waals surface area (Å²) in [7, 11) is 0. The second-order valence-corrected chi connectivity index (χ2v) is 4.86. The molecule has 2 heterocycles. The number of nitrogens with one attached hydrogen (secondary N) is 1. The quantitative estimate of drug-likeness (QED) is 0.844. The van der Waals surface area contributed by atoms with Crippen LogP contribution in [0.3, 0.4) is 0 Å². The van der Waals surface area contributed by atoms with Gasteiger partial charge in [0.1, 0.15) is 5.82 Å². The molecule has 0 spiro atoms. The first kappa shape index (κ1) is 15.3. The van der Waals surface area contributed by atoms with E-state index in [0.29, 0.717) is 5.56 Å². The summed E-state index contributed by atoms with van der Waals surface area (Å²) in [5.41, 5.74) is -0.111. The van der Waals surface area contributed by atoms with Gasteiger partial charge in [-0.3, -0.25) is 9.36 Å². The molecule has 2 atom stereocenters. The summed E-state index contributed by atoms with van der Waals surface area (Å²) < 4.78 is 11.7. The third-order valence-electron chi connectivity index (χ3n) is 3.30. The molecule has 23 heavy (non-hydrogen) atoms. The van der Waals surface area contributed by atoms with Crippen molar-refractivity contribution in [1.82, 2.24) is 9.55 Å². The van der Waals surface area contributed by atoms with Crippen molar-refractivity contribution in [3.05, 3.63) is 58.6 Å². The van der Waals surface area contributed by atoms with Gasteiger partial charge in [-0.2, -0.15) is 4.98 Å². The molecule has 1 aromatic carbocycles. The normalized spacial score (nSPS) is 20.4. The highest BCUT2D eigenvalue weighted by Crippen LogP contribution is 2.19. The Labute approximate surface area is 131 Å². The lowest BCUT2D eigenvalue weighted by molar-refractivity contribution is -0.0992. The molecule has 1 amide bonds. The zero-order valence-corrected chi connectivity index (χ0v) is 12.1. The van der Waals surface area contributed by atoms with Crippen LogP contribution in [0.25, 0.3) is 0 Å². The molecule has 0 aliphatic carbocycles. The smallest absolute Gasteiger partial charge is 0.351 e. The average Bonchev–Trinajstić information content (AvgIpc) is 3.04. The van der Waals surface area contributed by atoms with Gasteiger partial charge in [0.25, 0.3) is 5.91 Å². The largest absolute Gasteiger partial charge is 0.391 e. The van der Waals surface area contributed by atoms with Gasteiger partial charge < -0.3 is 19.9 Å². The number of hydrogen-bond acceptors (Lipinski definition) is 6. The Balaban J connectivity index is 1.72. The number of anilines is 1. The Morgan fingerprint density at radius 3 is 2.78 bits per heavy atom. The number of hydrogen-bond donors (Lipinski definition) is 2. The minimum atomic E-state index is -0.746. The van der Waals surface area contributed by atoms with Gasteiger partial charge in [-0.25, -0.2) is 4.79 Å². The lowest BCUT2D eigenvalue weighted by atomic mass is 10.2. The molecule has 1 aromatic heterocycles. The maximum Gasteiger partial charge on any atom is 0.351 e. The summed E-state index contributed by atoms with van der Waals surface area (Å²) in [6, 6.07) is 10.1. The molecule has 8 heteroatoms. The average molecular weight is 317 g/mol. The highest BCUT2D eigenvalue weighted by atomic mass is 16.7. The molecule has 3 rings (SSSR count). The Morgan fingerprint density at radius 2 is 2.13 bits per heavy atom. The molecule has 0 bridgehead atoms. The summed E-state index contributed by atoms with van der Waals surface area (Å²) in [5.74, 6) is -0.200. The number of benzene rings is 1. The molecule has 1 saturated heterocycles. The van der Waals surface area contributed by atoms with Crippen LogP contribution < -0.4 is 11.0 Å². The van der Waals surface area contributed by atoms with Gasteiger partial charge in [0.05, 0.1) is 13.2 Å². The van der Waals surface area contributed by atoms with Crippen LogP contribution in [0, 0.1) is 0 Å². The predicted octanol–water partition coefficient (Wildman–Crippen LogP) is 0.359. The highest BCUT2D eigenvalue weighted by molar-refractivity contribution is 6.03. The Morgan fingerprint density at radius 1 is 1.35 bits per heavy atom. The van der Waals surface area contributed by atoms with Gasteiger partial charge >= 0.3 is 5.69 Å².